The summed E-state index contributed by atoms with van der Waals surface area (Å²) in [6.07, 6.45) is 3.21. The smallest absolute Gasteiger partial charge is 0.185 e. The van der Waals surface area contributed by atoms with Crippen molar-refractivity contribution in [2.45, 2.75) is 0 Å². The molecule has 6 heteroatoms. The minimum Gasteiger partial charge on any atom is -0.497 e. The van der Waals surface area contributed by atoms with Gasteiger partial charge in [-0.05, 0) is 60.7 Å². The van der Waals surface area contributed by atoms with Crippen molar-refractivity contribution < 1.29 is 19.0 Å². The van der Waals surface area contributed by atoms with Crippen LogP contribution in [0.4, 0.5) is 0 Å². The second-order valence-corrected chi connectivity index (χ2v) is 5.70. The lowest BCUT2D eigenvalue weighted by atomic mass is 10.1. The molecule has 0 saturated heterocycles. The molecule has 0 aliphatic carbocycles. The topological polar surface area (TPSA) is 73.4 Å². The quantitative estimate of drug-likeness (QED) is 0.507. The fraction of sp³-hybridized carbons (Fsp3) is 0.143. The third kappa shape index (κ3) is 4.17. The third-order valence-electron chi connectivity index (χ3n) is 4.07. The van der Waals surface area contributed by atoms with E-state index in [1.54, 1.807) is 51.7 Å². The molecule has 6 nitrogen and oxygen atoms in total. The zero-order chi connectivity index (χ0) is 19.2. The van der Waals surface area contributed by atoms with Gasteiger partial charge in [-0.1, -0.05) is 0 Å². The SMILES string of the molecule is COc1ccc(C(=O)C=Cc2cc(-c3ccc(OC)c(OC)c3)n[nH]2)cc1. The zero-order valence-electron chi connectivity index (χ0n) is 15.4. The van der Waals surface area contributed by atoms with Crippen LogP contribution in [0.15, 0.2) is 54.6 Å². The van der Waals surface area contributed by atoms with Gasteiger partial charge in [-0.2, -0.15) is 5.10 Å². The van der Waals surface area contributed by atoms with Crippen molar-refractivity contribution in [3.63, 3.8) is 0 Å². The predicted octanol–water partition coefficient (Wildman–Crippen LogP) is 4.00. The first-order valence-electron chi connectivity index (χ1n) is 8.29. The number of hydrogen-bond acceptors (Lipinski definition) is 5. The van der Waals surface area contributed by atoms with Crippen LogP contribution in [0.1, 0.15) is 16.1 Å². The van der Waals surface area contributed by atoms with Gasteiger partial charge in [-0.3, -0.25) is 9.89 Å². The van der Waals surface area contributed by atoms with E-state index in [2.05, 4.69) is 10.2 Å². The summed E-state index contributed by atoms with van der Waals surface area (Å²) < 4.78 is 15.7. The number of methoxy groups -OCH3 is 3. The Morgan fingerprint density at radius 1 is 0.926 bits per heavy atom. The Morgan fingerprint density at radius 2 is 1.67 bits per heavy atom. The van der Waals surface area contributed by atoms with Crippen LogP contribution in [0, 0.1) is 0 Å². The first-order valence-corrected chi connectivity index (χ1v) is 8.29. The van der Waals surface area contributed by atoms with Crippen molar-refractivity contribution >= 4 is 11.9 Å². The fourth-order valence-electron chi connectivity index (χ4n) is 2.58. The van der Waals surface area contributed by atoms with Crippen LogP contribution in [0.3, 0.4) is 0 Å². The summed E-state index contributed by atoms with van der Waals surface area (Å²) in [5.41, 5.74) is 2.94. The predicted molar refractivity (Wildman–Crippen MR) is 103 cm³/mol. The van der Waals surface area contributed by atoms with Crippen molar-refractivity contribution in [1.29, 1.82) is 0 Å². The minimum absolute atomic E-state index is 0.0973. The first kappa shape index (κ1) is 18.3. The third-order valence-corrected chi connectivity index (χ3v) is 4.07. The normalized spacial score (nSPS) is 10.8. The van der Waals surface area contributed by atoms with E-state index in [9.17, 15) is 4.79 Å². The molecule has 0 bridgehead atoms. The van der Waals surface area contributed by atoms with Gasteiger partial charge in [0.2, 0.25) is 0 Å². The number of nitrogens with one attached hydrogen (secondary N) is 1. The molecule has 138 valence electrons. The first-order chi connectivity index (χ1) is 13.1. The van der Waals surface area contributed by atoms with Crippen LogP contribution in [0.2, 0.25) is 0 Å². The number of aromatic amines is 1. The molecule has 0 amide bonds. The molecule has 0 atom stereocenters. The molecule has 0 fully saturated rings. The number of carbonyl (C=O) groups is 1. The molecule has 1 aromatic heterocycles. The number of hydrogen-bond donors (Lipinski definition) is 1. The van der Waals surface area contributed by atoms with Gasteiger partial charge >= 0.3 is 0 Å². The second kappa shape index (κ2) is 8.23. The lowest BCUT2D eigenvalue weighted by Crippen LogP contribution is -1.94. The average Bonchev–Trinajstić information content (AvgIpc) is 3.20. The molecule has 27 heavy (non-hydrogen) atoms. The van der Waals surface area contributed by atoms with Gasteiger partial charge in [0, 0.05) is 11.1 Å². The Labute approximate surface area is 157 Å². The van der Waals surface area contributed by atoms with Crippen molar-refractivity contribution in [3.05, 3.63) is 65.9 Å². The van der Waals surface area contributed by atoms with E-state index < -0.39 is 0 Å². The van der Waals surface area contributed by atoms with Gasteiger partial charge in [0.1, 0.15) is 5.75 Å². The highest BCUT2D eigenvalue weighted by molar-refractivity contribution is 6.06. The Bertz CT molecular complexity index is 959. The largest absolute Gasteiger partial charge is 0.497 e. The van der Waals surface area contributed by atoms with Crippen molar-refractivity contribution in [3.8, 4) is 28.5 Å². The number of ketones is 1. The molecule has 0 spiro atoms. The van der Waals surface area contributed by atoms with Crippen LogP contribution in [0.5, 0.6) is 17.2 Å². The number of carbonyl (C=O) groups excluding carboxylic acids is 1. The molecule has 3 aromatic rings. The number of ether oxygens (including phenoxy) is 3. The lowest BCUT2D eigenvalue weighted by molar-refractivity contribution is 0.104. The number of nitrogens with zero attached hydrogens (tertiary/aromatic N) is 1. The highest BCUT2D eigenvalue weighted by atomic mass is 16.5. The maximum absolute atomic E-state index is 12.3. The maximum atomic E-state index is 12.3. The van der Waals surface area contributed by atoms with E-state index in [-0.39, 0.29) is 5.78 Å². The van der Waals surface area contributed by atoms with Gasteiger partial charge in [-0.15, -0.1) is 0 Å². The van der Waals surface area contributed by atoms with Gasteiger partial charge in [-0.25, -0.2) is 0 Å². The van der Waals surface area contributed by atoms with E-state index in [1.807, 2.05) is 24.3 Å². The van der Waals surface area contributed by atoms with Crippen LogP contribution < -0.4 is 14.2 Å². The molecule has 1 N–H and O–H groups in total. The molecule has 0 saturated carbocycles. The summed E-state index contributed by atoms with van der Waals surface area (Å²) in [7, 11) is 4.77. The maximum Gasteiger partial charge on any atom is 0.185 e. The van der Waals surface area contributed by atoms with E-state index in [0.29, 0.717) is 22.8 Å². The number of allylic oxidation sites excluding steroid dienone is 1. The Morgan fingerprint density at radius 3 is 2.33 bits per heavy atom. The molecule has 3 rings (SSSR count). The van der Waals surface area contributed by atoms with Crippen molar-refractivity contribution in [2.75, 3.05) is 21.3 Å². The minimum atomic E-state index is -0.0973. The highest BCUT2D eigenvalue weighted by Gasteiger charge is 2.09. The number of benzene rings is 2. The van der Waals surface area contributed by atoms with Crippen molar-refractivity contribution in [2.24, 2.45) is 0 Å². The van der Waals surface area contributed by atoms with Gasteiger partial charge in [0.05, 0.1) is 32.7 Å². The molecule has 0 unspecified atom stereocenters. The van der Waals surface area contributed by atoms with Crippen LogP contribution in [-0.2, 0) is 0 Å². The summed E-state index contributed by atoms with van der Waals surface area (Å²) in [5, 5.41) is 7.20. The molecule has 2 aromatic carbocycles. The summed E-state index contributed by atoms with van der Waals surface area (Å²) in [5.74, 6) is 1.90. The monoisotopic (exact) mass is 364 g/mol. The fourth-order valence-corrected chi connectivity index (χ4v) is 2.58. The van der Waals surface area contributed by atoms with E-state index in [1.165, 1.54) is 6.08 Å². The van der Waals surface area contributed by atoms with Crippen LogP contribution in [0.25, 0.3) is 17.3 Å². The van der Waals surface area contributed by atoms with E-state index in [0.717, 1.165) is 17.0 Å². The number of H-pyrrole nitrogens is 1. The Balaban J connectivity index is 1.75. The van der Waals surface area contributed by atoms with E-state index in [4.69, 9.17) is 14.2 Å². The molecular weight excluding hydrogens is 344 g/mol. The molecule has 0 radical (unpaired) electrons. The van der Waals surface area contributed by atoms with Crippen LogP contribution >= 0.6 is 0 Å². The Hall–Kier alpha value is -3.54. The van der Waals surface area contributed by atoms with Crippen LogP contribution in [-0.4, -0.2) is 37.3 Å². The molecule has 1 heterocycles. The molecule has 0 aliphatic heterocycles. The summed E-state index contributed by atoms with van der Waals surface area (Å²) >= 11 is 0. The summed E-state index contributed by atoms with van der Waals surface area (Å²) in [4.78, 5) is 12.3. The van der Waals surface area contributed by atoms with E-state index >= 15 is 0 Å². The van der Waals surface area contributed by atoms with Gasteiger partial charge in [0.15, 0.2) is 17.3 Å². The number of aromatic nitrogens is 2. The summed E-state index contributed by atoms with van der Waals surface area (Å²) in [6, 6.07) is 14.4. The standard InChI is InChI=1S/C21H20N2O4/c1-25-17-8-4-14(5-9-17)19(24)10-7-16-13-18(23-22-16)15-6-11-20(26-2)21(12-15)27-3/h4-13H,1-3H3,(H,22,23). The second-order valence-electron chi connectivity index (χ2n) is 5.70. The zero-order valence-corrected chi connectivity index (χ0v) is 15.4. The average molecular weight is 364 g/mol. The lowest BCUT2D eigenvalue weighted by Gasteiger charge is -2.08. The van der Waals surface area contributed by atoms with Gasteiger partial charge in [0.25, 0.3) is 0 Å². The number of rotatable bonds is 7. The van der Waals surface area contributed by atoms with Gasteiger partial charge < -0.3 is 14.2 Å². The highest BCUT2D eigenvalue weighted by Crippen LogP contribution is 2.31. The Kier molecular flexibility index (Phi) is 5.56. The molecular formula is C21H20N2O4. The molecule has 0 aliphatic rings. The summed E-state index contributed by atoms with van der Waals surface area (Å²) in [6.45, 7) is 0. The van der Waals surface area contributed by atoms with Crippen molar-refractivity contribution in [1.82, 2.24) is 10.2 Å².